The molecule has 1 N–H and O–H groups in total. The highest BCUT2D eigenvalue weighted by Crippen LogP contribution is 2.39. The van der Waals surface area contributed by atoms with E-state index < -0.39 is 0 Å². The Kier molecular flexibility index (Phi) is 5.30. The van der Waals surface area contributed by atoms with Gasteiger partial charge in [-0.25, -0.2) is 9.37 Å². The Morgan fingerprint density at radius 3 is 2.48 bits per heavy atom. The molecule has 3 aromatic rings. The van der Waals surface area contributed by atoms with Crippen LogP contribution in [0.3, 0.4) is 0 Å². The SMILES string of the molecule is O=C(Nc1ccc2nc(C3CC3)n(Cc3ccc(F)cc3)c(=O)c2c1)C1CCCCC1. The van der Waals surface area contributed by atoms with E-state index >= 15 is 0 Å². The van der Waals surface area contributed by atoms with E-state index in [2.05, 4.69) is 5.32 Å². The summed E-state index contributed by atoms with van der Waals surface area (Å²) in [5.41, 5.74) is 2.02. The Morgan fingerprint density at radius 2 is 1.77 bits per heavy atom. The lowest BCUT2D eigenvalue weighted by molar-refractivity contribution is -0.120. The molecule has 1 aromatic heterocycles. The lowest BCUT2D eigenvalue weighted by atomic mass is 9.88. The maximum absolute atomic E-state index is 13.4. The Hall–Kier alpha value is -3.02. The summed E-state index contributed by atoms with van der Waals surface area (Å²) in [4.78, 5) is 30.9. The lowest BCUT2D eigenvalue weighted by Crippen LogP contribution is -2.26. The predicted octanol–water partition coefficient (Wildman–Crippen LogP) is 4.98. The second-order valence-corrected chi connectivity index (χ2v) is 8.82. The van der Waals surface area contributed by atoms with Crippen molar-refractivity contribution in [1.29, 1.82) is 0 Å². The largest absolute Gasteiger partial charge is 0.326 e. The summed E-state index contributed by atoms with van der Waals surface area (Å²) in [5, 5.41) is 3.49. The summed E-state index contributed by atoms with van der Waals surface area (Å²) >= 11 is 0. The molecule has 6 heteroatoms. The lowest BCUT2D eigenvalue weighted by Gasteiger charge is -2.21. The van der Waals surface area contributed by atoms with E-state index in [1.807, 2.05) is 12.1 Å². The van der Waals surface area contributed by atoms with Gasteiger partial charge in [-0.2, -0.15) is 0 Å². The second-order valence-electron chi connectivity index (χ2n) is 8.82. The van der Waals surface area contributed by atoms with Gasteiger partial charge in [-0.1, -0.05) is 31.4 Å². The minimum absolute atomic E-state index is 0.0354. The molecule has 0 radical (unpaired) electrons. The van der Waals surface area contributed by atoms with Crippen molar-refractivity contribution >= 4 is 22.5 Å². The van der Waals surface area contributed by atoms with Crippen molar-refractivity contribution in [3.63, 3.8) is 0 Å². The second kappa shape index (κ2) is 8.25. The van der Waals surface area contributed by atoms with Crippen LogP contribution >= 0.6 is 0 Å². The average Bonchev–Trinajstić information content (AvgIpc) is 3.63. The summed E-state index contributed by atoms with van der Waals surface area (Å²) < 4.78 is 15.0. The number of aromatic nitrogens is 2. The number of nitrogens with zero attached hydrogens (tertiary/aromatic N) is 2. The fraction of sp³-hybridized carbons (Fsp3) is 0.400. The van der Waals surface area contributed by atoms with E-state index in [0.717, 1.165) is 49.9 Å². The van der Waals surface area contributed by atoms with Gasteiger partial charge in [0.1, 0.15) is 11.6 Å². The van der Waals surface area contributed by atoms with Crippen LogP contribution in [0.15, 0.2) is 47.3 Å². The number of hydrogen-bond acceptors (Lipinski definition) is 3. The molecule has 0 aliphatic heterocycles. The summed E-state index contributed by atoms with van der Waals surface area (Å²) in [5.74, 6) is 0.876. The van der Waals surface area contributed by atoms with Crippen molar-refractivity contribution in [3.8, 4) is 0 Å². The molecule has 0 bridgehead atoms. The van der Waals surface area contributed by atoms with Gasteiger partial charge in [0, 0.05) is 17.5 Å². The number of benzene rings is 2. The Labute approximate surface area is 180 Å². The molecule has 0 unspecified atom stereocenters. The van der Waals surface area contributed by atoms with Crippen LogP contribution in [0.4, 0.5) is 10.1 Å². The Balaban J connectivity index is 1.49. The van der Waals surface area contributed by atoms with Crippen molar-refractivity contribution in [2.45, 2.75) is 57.4 Å². The van der Waals surface area contributed by atoms with E-state index in [1.54, 1.807) is 22.8 Å². The van der Waals surface area contributed by atoms with Crippen molar-refractivity contribution in [2.75, 3.05) is 5.32 Å². The van der Waals surface area contributed by atoms with E-state index in [-0.39, 0.29) is 23.2 Å². The van der Waals surface area contributed by atoms with Crippen molar-refractivity contribution in [2.24, 2.45) is 5.92 Å². The molecule has 5 nitrogen and oxygen atoms in total. The topological polar surface area (TPSA) is 64.0 Å². The molecule has 0 spiro atoms. The molecule has 1 amide bonds. The molecule has 160 valence electrons. The normalized spacial score (nSPS) is 17.1. The zero-order valence-electron chi connectivity index (χ0n) is 17.4. The van der Waals surface area contributed by atoms with Crippen molar-refractivity contribution in [3.05, 3.63) is 70.0 Å². The highest BCUT2D eigenvalue weighted by molar-refractivity contribution is 5.94. The van der Waals surface area contributed by atoms with Crippen molar-refractivity contribution < 1.29 is 9.18 Å². The van der Waals surface area contributed by atoms with Gasteiger partial charge in [-0.3, -0.25) is 14.2 Å². The van der Waals surface area contributed by atoms with Crippen LogP contribution in [0, 0.1) is 11.7 Å². The molecule has 0 atom stereocenters. The maximum atomic E-state index is 13.4. The molecule has 1 heterocycles. The molecule has 2 fully saturated rings. The standard InChI is InChI=1S/C25H26FN3O2/c26-19-10-6-16(7-11-19)15-29-23(17-8-9-17)28-22-13-12-20(14-21(22)25(29)31)27-24(30)18-4-2-1-3-5-18/h6-7,10-14,17-18H,1-5,8-9,15H2,(H,27,30). The molecule has 0 saturated heterocycles. The highest BCUT2D eigenvalue weighted by Gasteiger charge is 2.29. The quantitative estimate of drug-likeness (QED) is 0.634. The molecule has 2 aromatic carbocycles. The maximum Gasteiger partial charge on any atom is 0.261 e. The van der Waals surface area contributed by atoms with Crippen LogP contribution in [0.2, 0.25) is 0 Å². The number of amides is 1. The van der Waals surface area contributed by atoms with Crippen LogP contribution in [-0.4, -0.2) is 15.5 Å². The number of nitrogens with one attached hydrogen (secondary N) is 1. The summed E-state index contributed by atoms with van der Waals surface area (Å²) in [6.07, 6.45) is 7.29. The van der Waals surface area contributed by atoms with Crippen LogP contribution in [-0.2, 0) is 11.3 Å². The van der Waals surface area contributed by atoms with Crippen LogP contribution in [0.5, 0.6) is 0 Å². The first kappa shape index (κ1) is 19.9. The summed E-state index contributed by atoms with van der Waals surface area (Å²) in [7, 11) is 0. The van der Waals surface area contributed by atoms with Crippen molar-refractivity contribution in [1.82, 2.24) is 9.55 Å². The van der Waals surface area contributed by atoms with Crippen LogP contribution < -0.4 is 10.9 Å². The fourth-order valence-corrected chi connectivity index (χ4v) is 4.50. The predicted molar refractivity (Wildman–Crippen MR) is 119 cm³/mol. The highest BCUT2D eigenvalue weighted by atomic mass is 19.1. The van der Waals surface area contributed by atoms with Gasteiger partial charge < -0.3 is 5.32 Å². The molecule has 31 heavy (non-hydrogen) atoms. The van der Waals surface area contributed by atoms with Gasteiger partial charge in [0.05, 0.1) is 17.4 Å². The molecular formula is C25H26FN3O2. The van der Waals surface area contributed by atoms with Gasteiger partial charge >= 0.3 is 0 Å². The summed E-state index contributed by atoms with van der Waals surface area (Å²) in [6, 6.07) is 11.6. The average molecular weight is 420 g/mol. The number of carbonyl (C=O) groups excluding carboxylic acids is 1. The first-order valence-electron chi connectivity index (χ1n) is 11.2. The molecule has 5 rings (SSSR count). The van der Waals surface area contributed by atoms with Gasteiger partial charge in [0.15, 0.2) is 0 Å². The Bertz CT molecular complexity index is 1180. The number of rotatable bonds is 5. The minimum atomic E-state index is -0.298. The molecule has 2 saturated carbocycles. The smallest absolute Gasteiger partial charge is 0.261 e. The summed E-state index contributed by atoms with van der Waals surface area (Å²) in [6.45, 7) is 0.354. The zero-order valence-corrected chi connectivity index (χ0v) is 17.4. The van der Waals surface area contributed by atoms with E-state index in [1.165, 1.54) is 18.6 Å². The number of carbonyl (C=O) groups is 1. The third kappa shape index (κ3) is 4.24. The molecule has 2 aliphatic rings. The number of anilines is 1. The number of fused-ring (bicyclic) bond motifs is 1. The van der Waals surface area contributed by atoms with Gasteiger partial charge in [-0.05, 0) is 61.6 Å². The number of hydrogen-bond donors (Lipinski definition) is 1. The first-order valence-corrected chi connectivity index (χ1v) is 11.2. The first-order chi connectivity index (χ1) is 15.1. The van der Waals surface area contributed by atoms with Crippen LogP contribution in [0.1, 0.15) is 62.3 Å². The van der Waals surface area contributed by atoms with Gasteiger partial charge in [-0.15, -0.1) is 0 Å². The third-order valence-corrected chi connectivity index (χ3v) is 6.42. The van der Waals surface area contributed by atoms with Gasteiger partial charge in [0.25, 0.3) is 5.56 Å². The molecule has 2 aliphatic carbocycles. The monoisotopic (exact) mass is 419 g/mol. The van der Waals surface area contributed by atoms with E-state index in [4.69, 9.17) is 4.98 Å². The van der Waals surface area contributed by atoms with Gasteiger partial charge in [0.2, 0.25) is 5.91 Å². The van der Waals surface area contributed by atoms with E-state index in [9.17, 15) is 14.0 Å². The Morgan fingerprint density at radius 1 is 1.03 bits per heavy atom. The molecular weight excluding hydrogens is 393 g/mol. The third-order valence-electron chi connectivity index (χ3n) is 6.42. The minimum Gasteiger partial charge on any atom is -0.326 e. The zero-order chi connectivity index (χ0) is 21.4. The van der Waals surface area contributed by atoms with Crippen LogP contribution in [0.25, 0.3) is 10.9 Å². The number of halogens is 1. The fourth-order valence-electron chi connectivity index (χ4n) is 4.50. The van der Waals surface area contributed by atoms with E-state index in [0.29, 0.717) is 29.1 Å².